The molecule has 7 nitrogen and oxygen atoms in total. The molecule has 0 aliphatic carbocycles. The maximum atomic E-state index is 13.3. The molecule has 0 spiro atoms. The minimum atomic E-state index is -0.145. The molecule has 1 amide bonds. The van der Waals surface area contributed by atoms with E-state index in [1.807, 2.05) is 48.2 Å². The van der Waals surface area contributed by atoms with Crippen molar-refractivity contribution >= 4 is 22.4 Å². The van der Waals surface area contributed by atoms with E-state index >= 15 is 0 Å². The molecule has 1 aliphatic rings. The maximum Gasteiger partial charge on any atom is 0.275 e. The molecule has 0 N–H and O–H groups in total. The van der Waals surface area contributed by atoms with Crippen LogP contribution >= 0.6 is 0 Å². The first-order valence-electron chi connectivity index (χ1n) is 10.3. The van der Waals surface area contributed by atoms with Crippen molar-refractivity contribution in [3.05, 3.63) is 64.6 Å². The number of aromatic nitrogens is 2. The van der Waals surface area contributed by atoms with Crippen LogP contribution in [0.5, 0.6) is 5.75 Å². The van der Waals surface area contributed by atoms with Gasteiger partial charge < -0.3 is 14.5 Å². The van der Waals surface area contributed by atoms with Crippen LogP contribution in [0.3, 0.4) is 0 Å². The zero-order chi connectivity index (χ0) is 21.1. The number of ether oxygens (including phenoxy) is 1. The summed E-state index contributed by atoms with van der Waals surface area (Å²) in [5, 5.41) is 5.61. The van der Waals surface area contributed by atoms with Gasteiger partial charge in [-0.15, -0.1) is 0 Å². The quantitative estimate of drug-likeness (QED) is 0.652. The van der Waals surface area contributed by atoms with Gasteiger partial charge in [0.15, 0.2) is 5.69 Å². The van der Waals surface area contributed by atoms with E-state index < -0.39 is 0 Å². The van der Waals surface area contributed by atoms with Gasteiger partial charge in [-0.25, -0.2) is 4.68 Å². The van der Waals surface area contributed by atoms with Crippen molar-refractivity contribution in [3.8, 4) is 5.75 Å². The van der Waals surface area contributed by atoms with Crippen LogP contribution in [0.15, 0.2) is 53.3 Å². The summed E-state index contributed by atoms with van der Waals surface area (Å²) in [7, 11) is 1.65. The fourth-order valence-electron chi connectivity index (χ4n) is 3.87. The Morgan fingerprint density at radius 3 is 2.30 bits per heavy atom. The highest BCUT2D eigenvalue weighted by Crippen LogP contribution is 2.22. The summed E-state index contributed by atoms with van der Waals surface area (Å²) in [5.41, 5.74) is 1.33. The lowest BCUT2D eigenvalue weighted by atomic mass is 10.1. The van der Waals surface area contributed by atoms with Crippen molar-refractivity contribution in [2.24, 2.45) is 0 Å². The first-order valence-corrected chi connectivity index (χ1v) is 10.3. The molecule has 30 heavy (non-hydrogen) atoms. The van der Waals surface area contributed by atoms with E-state index in [0.29, 0.717) is 36.1 Å². The molecule has 2 aromatic carbocycles. The van der Waals surface area contributed by atoms with Gasteiger partial charge in [0.1, 0.15) is 5.75 Å². The van der Waals surface area contributed by atoms with Gasteiger partial charge in [0, 0.05) is 43.8 Å². The predicted molar refractivity (Wildman–Crippen MR) is 117 cm³/mol. The van der Waals surface area contributed by atoms with Gasteiger partial charge in [-0.2, -0.15) is 5.10 Å². The summed E-state index contributed by atoms with van der Waals surface area (Å²) in [6.45, 7) is 5.18. The van der Waals surface area contributed by atoms with Crippen LogP contribution in [-0.4, -0.2) is 53.9 Å². The van der Waals surface area contributed by atoms with Crippen molar-refractivity contribution in [1.29, 1.82) is 0 Å². The Morgan fingerprint density at radius 2 is 1.67 bits per heavy atom. The molecular formula is C23H26N4O3. The second kappa shape index (κ2) is 8.57. The molecule has 0 radical (unpaired) electrons. The molecule has 1 aliphatic heterocycles. The summed E-state index contributed by atoms with van der Waals surface area (Å²) < 4.78 is 6.64. The van der Waals surface area contributed by atoms with Crippen LogP contribution in [0.25, 0.3) is 10.8 Å². The number of rotatable bonds is 5. The van der Waals surface area contributed by atoms with Crippen LogP contribution in [0.1, 0.15) is 23.8 Å². The minimum Gasteiger partial charge on any atom is -0.497 e. The Morgan fingerprint density at radius 1 is 1.00 bits per heavy atom. The summed E-state index contributed by atoms with van der Waals surface area (Å²) in [4.78, 5) is 30.1. The smallest absolute Gasteiger partial charge is 0.275 e. The lowest BCUT2D eigenvalue weighted by Crippen LogP contribution is -2.49. The number of aryl methyl sites for hydroxylation is 1. The first kappa shape index (κ1) is 19.9. The summed E-state index contributed by atoms with van der Waals surface area (Å²) in [6, 6.07) is 15.2. The number of nitrogens with zero attached hydrogens (tertiary/aromatic N) is 4. The zero-order valence-corrected chi connectivity index (χ0v) is 17.4. The molecule has 1 saturated heterocycles. The van der Waals surface area contributed by atoms with Crippen molar-refractivity contribution in [2.45, 2.75) is 19.9 Å². The largest absolute Gasteiger partial charge is 0.497 e. The number of amides is 1. The number of carbonyl (C=O) groups excluding carboxylic acids is 1. The molecule has 3 aromatic rings. The number of carbonyl (C=O) groups is 1. The molecule has 1 fully saturated rings. The van der Waals surface area contributed by atoms with Crippen LogP contribution in [0.4, 0.5) is 5.69 Å². The number of anilines is 1. The first-order chi connectivity index (χ1) is 14.6. The number of fused-ring (bicyclic) bond motifs is 1. The van der Waals surface area contributed by atoms with Gasteiger partial charge in [-0.05, 0) is 36.8 Å². The van der Waals surface area contributed by atoms with Gasteiger partial charge in [0.05, 0.1) is 12.5 Å². The zero-order valence-electron chi connectivity index (χ0n) is 17.4. The third-order valence-corrected chi connectivity index (χ3v) is 5.51. The Bertz CT molecular complexity index is 1100. The second-order valence-electron chi connectivity index (χ2n) is 7.40. The number of benzene rings is 2. The number of hydrogen-bond donors (Lipinski definition) is 0. The lowest BCUT2D eigenvalue weighted by Gasteiger charge is -2.36. The van der Waals surface area contributed by atoms with Gasteiger partial charge in [-0.3, -0.25) is 9.59 Å². The summed E-state index contributed by atoms with van der Waals surface area (Å²) in [5.74, 6) is 0.707. The van der Waals surface area contributed by atoms with E-state index in [2.05, 4.69) is 10.00 Å². The average molecular weight is 406 g/mol. The maximum absolute atomic E-state index is 13.3. The van der Waals surface area contributed by atoms with E-state index in [1.165, 1.54) is 4.68 Å². The third kappa shape index (κ3) is 3.75. The highest BCUT2D eigenvalue weighted by atomic mass is 16.5. The van der Waals surface area contributed by atoms with Gasteiger partial charge >= 0.3 is 0 Å². The van der Waals surface area contributed by atoms with Crippen LogP contribution in [0, 0.1) is 0 Å². The number of methoxy groups -OCH3 is 1. The summed E-state index contributed by atoms with van der Waals surface area (Å²) in [6.07, 6.45) is 0.777. The molecule has 4 rings (SSSR count). The van der Waals surface area contributed by atoms with Crippen LogP contribution in [0.2, 0.25) is 0 Å². The molecule has 0 saturated carbocycles. The van der Waals surface area contributed by atoms with Crippen molar-refractivity contribution in [1.82, 2.24) is 14.7 Å². The van der Waals surface area contributed by atoms with Gasteiger partial charge in [0.25, 0.3) is 11.5 Å². The molecule has 156 valence electrons. The molecule has 0 unspecified atom stereocenters. The third-order valence-electron chi connectivity index (χ3n) is 5.51. The standard InChI is InChI=1S/C23H26N4O3/c1-3-12-27-22(28)20-7-5-4-6-19(20)21(24-27)23(29)26-15-13-25(14-16-26)17-8-10-18(30-2)11-9-17/h4-11H,3,12-16H2,1-2H3. The highest BCUT2D eigenvalue weighted by molar-refractivity contribution is 6.04. The number of hydrogen-bond acceptors (Lipinski definition) is 5. The molecule has 0 bridgehead atoms. The van der Waals surface area contributed by atoms with Gasteiger partial charge in [-0.1, -0.05) is 25.1 Å². The van der Waals surface area contributed by atoms with Crippen molar-refractivity contribution < 1.29 is 9.53 Å². The van der Waals surface area contributed by atoms with E-state index in [1.54, 1.807) is 19.2 Å². The highest BCUT2D eigenvalue weighted by Gasteiger charge is 2.26. The molecule has 1 aromatic heterocycles. The molecule has 0 atom stereocenters. The summed E-state index contributed by atoms with van der Waals surface area (Å²) >= 11 is 0. The lowest BCUT2D eigenvalue weighted by molar-refractivity contribution is 0.0740. The Balaban J connectivity index is 1.56. The van der Waals surface area contributed by atoms with Crippen molar-refractivity contribution in [3.63, 3.8) is 0 Å². The minimum absolute atomic E-state index is 0.120. The molecular weight excluding hydrogens is 380 g/mol. The van der Waals surface area contributed by atoms with Crippen LogP contribution < -0.4 is 15.2 Å². The fraction of sp³-hybridized carbons (Fsp3) is 0.348. The van der Waals surface area contributed by atoms with E-state index in [9.17, 15) is 9.59 Å². The Kier molecular flexibility index (Phi) is 5.70. The van der Waals surface area contributed by atoms with Crippen molar-refractivity contribution in [2.75, 3.05) is 38.2 Å². The Labute approximate surface area is 175 Å². The fourth-order valence-corrected chi connectivity index (χ4v) is 3.87. The second-order valence-corrected chi connectivity index (χ2v) is 7.40. The van der Waals surface area contributed by atoms with E-state index in [-0.39, 0.29) is 11.5 Å². The normalized spacial score (nSPS) is 14.2. The predicted octanol–water partition coefficient (Wildman–Crippen LogP) is 2.78. The topological polar surface area (TPSA) is 67.7 Å². The van der Waals surface area contributed by atoms with Gasteiger partial charge in [0.2, 0.25) is 0 Å². The monoisotopic (exact) mass is 406 g/mol. The van der Waals surface area contributed by atoms with E-state index in [4.69, 9.17) is 4.74 Å². The average Bonchev–Trinajstić information content (AvgIpc) is 2.81. The molecule has 7 heteroatoms. The molecule has 2 heterocycles. The Hall–Kier alpha value is -3.35. The van der Waals surface area contributed by atoms with E-state index in [0.717, 1.165) is 30.9 Å². The SMILES string of the molecule is CCCn1nc(C(=O)N2CCN(c3ccc(OC)cc3)CC2)c2ccccc2c1=O. The number of piperazine rings is 1. The van der Waals surface area contributed by atoms with Crippen LogP contribution in [-0.2, 0) is 6.54 Å².